The third-order valence-corrected chi connectivity index (χ3v) is 3.66. The highest BCUT2D eigenvalue weighted by Gasteiger charge is 2.16. The van der Waals surface area contributed by atoms with E-state index in [9.17, 15) is 9.59 Å². The number of hydrogen-bond acceptors (Lipinski definition) is 3. The lowest BCUT2D eigenvalue weighted by Gasteiger charge is -2.14. The van der Waals surface area contributed by atoms with Gasteiger partial charge in [-0.25, -0.2) is 4.98 Å². The Morgan fingerprint density at radius 1 is 1.09 bits per heavy atom. The molecular formula is C18H17N3O2. The van der Waals surface area contributed by atoms with Gasteiger partial charge in [-0.3, -0.25) is 9.59 Å². The Hall–Kier alpha value is -2.95. The van der Waals surface area contributed by atoms with Crippen LogP contribution in [-0.4, -0.2) is 15.5 Å². The van der Waals surface area contributed by atoms with Crippen LogP contribution in [0.25, 0.3) is 10.8 Å². The average molecular weight is 307 g/mol. The molecule has 2 aromatic heterocycles. The van der Waals surface area contributed by atoms with Crippen LogP contribution < -0.4 is 10.9 Å². The zero-order chi connectivity index (χ0) is 16.4. The number of pyridine rings is 2. The Balaban J connectivity index is 2.14. The number of carbonyl (C=O) groups excluding carboxylic acids is 1. The van der Waals surface area contributed by atoms with Crippen LogP contribution in [0.2, 0.25) is 0 Å². The molecular weight excluding hydrogens is 290 g/mol. The molecule has 0 unspecified atom stereocenters. The zero-order valence-corrected chi connectivity index (χ0v) is 13.0. The summed E-state index contributed by atoms with van der Waals surface area (Å²) in [4.78, 5) is 29.3. The minimum Gasteiger partial charge on any atom is -0.312 e. The van der Waals surface area contributed by atoms with Crippen LogP contribution in [-0.2, 0) is 0 Å². The molecule has 1 amide bonds. The maximum absolute atomic E-state index is 12.6. The van der Waals surface area contributed by atoms with Gasteiger partial charge >= 0.3 is 0 Å². The van der Waals surface area contributed by atoms with Crippen molar-refractivity contribution in [2.45, 2.75) is 19.9 Å². The van der Waals surface area contributed by atoms with Gasteiger partial charge in [-0.05, 0) is 32.0 Å². The van der Waals surface area contributed by atoms with Crippen LogP contribution in [0.5, 0.6) is 0 Å². The van der Waals surface area contributed by atoms with E-state index in [1.807, 2.05) is 19.9 Å². The molecule has 0 bridgehead atoms. The third kappa shape index (κ3) is 2.85. The number of fused-ring (bicyclic) bond motifs is 1. The fourth-order valence-corrected chi connectivity index (χ4v) is 2.50. The van der Waals surface area contributed by atoms with Crippen molar-refractivity contribution in [2.75, 3.05) is 5.32 Å². The van der Waals surface area contributed by atoms with E-state index in [2.05, 4.69) is 10.3 Å². The maximum atomic E-state index is 12.6. The number of benzene rings is 1. The van der Waals surface area contributed by atoms with E-state index < -0.39 is 0 Å². The first-order valence-corrected chi connectivity index (χ1v) is 7.44. The van der Waals surface area contributed by atoms with Crippen LogP contribution in [0.3, 0.4) is 0 Å². The first-order valence-electron chi connectivity index (χ1n) is 7.44. The summed E-state index contributed by atoms with van der Waals surface area (Å²) in [6.07, 6.45) is 3.23. The second kappa shape index (κ2) is 6.04. The molecule has 0 fully saturated rings. The van der Waals surface area contributed by atoms with E-state index in [4.69, 9.17) is 0 Å². The first-order chi connectivity index (χ1) is 11.1. The zero-order valence-electron chi connectivity index (χ0n) is 13.0. The summed E-state index contributed by atoms with van der Waals surface area (Å²) >= 11 is 0. The third-order valence-electron chi connectivity index (χ3n) is 3.66. The van der Waals surface area contributed by atoms with Crippen molar-refractivity contribution in [1.29, 1.82) is 0 Å². The quantitative estimate of drug-likeness (QED) is 0.808. The molecule has 0 saturated carbocycles. The summed E-state index contributed by atoms with van der Waals surface area (Å²) < 4.78 is 1.58. The Kier molecular flexibility index (Phi) is 3.93. The Morgan fingerprint density at radius 2 is 1.78 bits per heavy atom. The molecule has 116 valence electrons. The lowest BCUT2D eigenvalue weighted by molar-refractivity contribution is 0.102. The Morgan fingerprint density at radius 3 is 2.43 bits per heavy atom. The predicted molar refractivity (Wildman–Crippen MR) is 90.8 cm³/mol. The van der Waals surface area contributed by atoms with Gasteiger partial charge in [0.05, 0.1) is 5.56 Å². The fraction of sp³-hybridized carbons (Fsp3) is 0.167. The number of nitrogens with one attached hydrogen (secondary N) is 1. The van der Waals surface area contributed by atoms with Crippen LogP contribution in [0.4, 0.5) is 5.82 Å². The second-order valence-electron chi connectivity index (χ2n) is 5.56. The summed E-state index contributed by atoms with van der Waals surface area (Å²) in [6, 6.07) is 12.4. The van der Waals surface area contributed by atoms with Gasteiger partial charge in [0.25, 0.3) is 11.5 Å². The minimum atomic E-state index is -0.283. The van der Waals surface area contributed by atoms with E-state index >= 15 is 0 Å². The van der Waals surface area contributed by atoms with Gasteiger partial charge in [0.2, 0.25) is 0 Å². The Labute approximate surface area is 133 Å². The molecule has 0 aliphatic carbocycles. The summed E-state index contributed by atoms with van der Waals surface area (Å²) in [5.41, 5.74) is 0.365. The SMILES string of the molecule is CC(C)n1cc(C(=O)Nc2ccccn2)c2ccccc2c1=O. The number of carbonyl (C=O) groups is 1. The fourth-order valence-electron chi connectivity index (χ4n) is 2.50. The monoisotopic (exact) mass is 307 g/mol. The highest BCUT2D eigenvalue weighted by atomic mass is 16.2. The van der Waals surface area contributed by atoms with E-state index in [-0.39, 0.29) is 17.5 Å². The molecule has 0 spiro atoms. The van der Waals surface area contributed by atoms with Gasteiger partial charge in [-0.2, -0.15) is 0 Å². The van der Waals surface area contributed by atoms with Crippen molar-refractivity contribution in [3.8, 4) is 0 Å². The minimum absolute atomic E-state index is 0.0338. The van der Waals surface area contributed by atoms with E-state index in [1.165, 1.54) is 0 Å². The Bertz CT molecular complexity index is 914. The normalized spacial score (nSPS) is 10.9. The largest absolute Gasteiger partial charge is 0.312 e. The second-order valence-corrected chi connectivity index (χ2v) is 5.56. The molecule has 5 heteroatoms. The van der Waals surface area contributed by atoms with Crippen molar-refractivity contribution < 1.29 is 4.79 Å². The predicted octanol–water partition coefficient (Wildman–Crippen LogP) is 3.23. The molecule has 0 atom stereocenters. The van der Waals surface area contributed by atoms with E-state index in [0.29, 0.717) is 22.2 Å². The van der Waals surface area contributed by atoms with Gasteiger partial charge in [0, 0.05) is 29.2 Å². The number of aromatic nitrogens is 2. The summed E-state index contributed by atoms with van der Waals surface area (Å²) in [5.74, 6) is 0.193. The van der Waals surface area contributed by atoms with Crippen molar-refractivity contribution in [3.63, 3.8) is 0 Å². The van der Waals surface area contributed by atoms with Crippen LogP contribution in [0, 0.1) is 0 Å². The van der Waals surface area contributed by atoms with E-state index in [1.54, 1.807) is 53.4 Å². The number of hydrogen-bond donors (Lipinski definition) is 1. The smallest absolute Gasteiger partial charge is 0.258 e. The van der Waals surface area contributed by atoms with E-state index in [0.717, 1.165) is 0 Å². The summed E-state index contributed by atoms with van der Waals surface area (Å²) in [6.45, 7) is 3.83. The van der Waals surface area contributed by atoms with Crippen molar-refractivity contribution in [3.05, 3.63) is 70.8 Å². The molecule has 3 rings (SSSR count). The van der Waals surface area contributed by atoms with Crippen LogP contribution in [0.15, 0.2) is 59.7 Å². The molecule has 23 heavy (non-hydrogen) atoms. The molecule has 5 nitrogen and oxygen atoms in total. The van der Waals surface area contributed by atoms with Gasteiger partial charge in [0.1, 0.15) is 5.82 Å². The van der Waals surface area contributed by atoms with Crippen LogP contribution in [0.1, 0.15) is 30.2 Å². The van der Waals surface area contributed by atoms with Crippen molar-refractivity contribution >= 4 is 22.5 Å². The molecule has 0 saturated heterocycles. The topological polar surface area (TPSA) is 64.0 Å². The molecule has 1 aromatic carbocycles. The molecule has 0 aliphatic rings. The first kappa shape index (κ1) is 15.0. The lowest BCUT2D eigenvalue weighted by Crippen LogP contribution is -2.25. The summed E-state index contributed by atoms with van der Waals surface area (Å²) in [7, 11) is 0. The highest BCUT2D eigenvalue weighted by molar-refractivity contribution is 6.12. The van der Waals surface area contributed by atoms with Crippen molar-refractivity contribution in [1.82, 2.24) is 9.55 Å². The molecule has 2 heterocycles. The molecule has 1 N–H and O–H groups in total. The van der Waals surface area contributed by atoms with Crippen LogP contribution >= 0.6 is 0 Å². The van der Waals surface area contributed by atoms with Crippen molar-refractivity contribution in [2.24, 2.45) is 0 Å². The number of amides is 1. The summed E-state index contributed by atoms with van der Waals surface area (Å²) in [5, 5.41) is 3.95. The van der Waals surface area contributed by atoms with Gasteiger partial charge in [-0.15, -0.1) is 0 Å². The standard InChI is InChI=1S/C18H17N3O2/c1-12(2)21-11-15(13-7-3-4-8-14(13)18(21)23)17(22)20-16-9-5-6-10-19-16/h3-12H,1-2H3,(H,19,20,22). The molecule has 0 radical (unpaired) electrons. The average Bonchev–Trinajstić information content (AvgIpc) is 2.56. The molecule has 0 aliphatic heterocycles. The van der Waals surface area contributed by atoms with Gasteiger partial charge in [0.15, 0.2) is 0 Å². The van der Waals surface area contributed by atoms with Gasteiger partial charge in [-0.1, -0.05) is 24.3 Å². The highest BCUT2D eigenvalue weighted by Crippen LogP contribution is 2.18. The van der Waals surface area contributed by atoms with Gasteiger partial charge < -0.3 is 9.88 Å². The molecule has 3 aromatic rings. The number of rotatable bonds is 3. The lowest BCUT2D eigenvalue weighted by atomic mass is 10.1. The number of anilines is 1. The number of nitrogens with zero attached hydrogens (tertiary/aromatic N) is 2. The maximum Gasteiger partial charge on any atom is 0.258 e.